The second-order valence-electron chi connectivity index (χ2n) is 4.00. The van der Waals surface area contributed by atoms with Crippen molar-refractivity contribution in [2.24, 2.45) is 0 Å². The lowest BCUT2D eigenvalue weighted by atomic mass is 10.2. The van der Waals surface area contributed by atoms with Gasteiger partial charge >= 0.3 is 6.03 Å². The fourth-order valence-corrected chi connectivity index (χ4v) is 2.44. The summed E-state index contributed by atoms with van der Waals surface area (Å²) >= 11 is 1.80. The molecule has 4 heteroatoms. The molecule has 0 bridgehead atoms. The van der Waals surface area contributed by atoms with E-state index in [0.717, 1.165) is 11.4 Å². The van der Waals surface area contributed by atoms with E-state index in [0.29, 0.717) is 0 Å². The van der Waals surface area contributed by atoms with Crippen LogP contribution in [0.25, 0.3) is 0 Å². The van der Waals surface area contributed by atoms with E-state index in [1.807, 2.05) is 42.5 Å². The Morgan fingerprint density at radius 2 is 1.74 bits per heavy atom. The highest BCUT2D eigenvalue weighted by Gasteiger charge is 1.99. The Hall–Kier alpha value is -1.94. The molecule has 0 atom stereocenters. The quantitative estimate of drug-likeness (QED) is 0.833. The zero-order valence-electron chi connectivity index (χ0n) is 10.7. The highest BCUT2D eigenvalue weighted by molar-refractivity contribution is 7.98. The average molecular weight is 272 g/mol. The van der Waals surface area contributed by atoms with Crippen LogP contribution < -0.4 is 10.6 Å². The van der Waals surface area contributed by atoms with Crippen LogP contribution in [0.2, 0.25) is 0 Å². The second kappa shape index (κ2) is 6.85. The third-order valence-corrected chi connectivity index (χ3v) is 3.67. The summed E-state index contributed by atoms with van der Waals surface area (Å²) in [4.78, 5) is 12.4. The Labute approximate surface area is 117 Å². The van der Waals surface area contributed by atoms with Gasteiger partial charge in [-0.25, -0.2) is 4.79 Å². The normalized spacial score (nSPS) is 9.95. The van der Waals surface area contributed by atoms with Gasteiger partial charge in [-0.15, -0.1) is 11.8 Å². The molecule has 19 heavy (non-hydrogen) atoms. The van der Waals surface area contributed by atoms with Crippen molar-refractivity contribution < 1.29 is 4.79 Å². The largest absolute Gasteiger partial charge is 0.341 e. The molecule has 2 aromatic rings. The van der Waals surface area contributed by atoms with Crippen LogP contribution in [0, 0.1) is 0 Å². The zero-order chi connectivity index (χ0) is 13.5. The van der Waals surface area contributed by atoms with Crippen LogP contribution in [0.3, 0.4) is 0 Å². The number of benzene rings is 2. The van der Waals surface area contributed by atoms with Crippen molar-refractivity contribution in [1.29, 1.82) is 0 Å². The Bertz CT molecular complexity index is 526. The van der Waals surface area contributed by atoms with Gasteiger partial charge in [0, 0.05) is 23.4 Å². The molecule has 0 aliphatic rings. The van der Waals surface area contributed by atoms with E-state index < -0.39 is 0 Å². The molecule has 2 aromatic carbocycles. The number of carbonyl (C=O) groups is 1. The number of carbonyl (C=O) groups excluding carboxylic acids is 1. The van der Waals surface area contributed by atoms with Crippen LogP contribution in [0.5, 0.6) is 0 Å². The fourth-order valence-electron chi connectivity index (χ4n) is 1.56. The van der Waals surface area contributed by atoms with Gasteiger partial charge < -0.3 is 10.6 Å². The van der Waals surface area contributed by atoms with Crippen molar-refractivity contribution in [3.05, 3.63) is 60.2 Å². The Kier molecular flexibility index (Phi) is 4.86. The summed E-state index contributed by atoms with van der Waals surface area (Å²) in [5.41, 5.74) is 2.03. The minimum atomic E-state index is -0.202. The molecule has 0 unspecified atom stereocenters. The maximum absolute atomic E-state index is 11.2. The van der Waals surface area contributed by atoms with Crippen molar-refractivity contribution in [3.8, 4) is 0 Å². The summed E-state index contributed by atoms with van der Waals surface area (Å²) < 4.78 is 0. The number of hydrogen-bond donors (Lipinski definition) is 2. The number of thioether (sulfide) groups is 1. The number of anilines is 1. The van der Waals surface area contributed by atoms with E-state index in [4.69, 9.17) is 0 Å². The maximum Gasteiger partial charge on any atom is 0.318 e. The number of amides is 2. The van der Waals surface area contributed by atoms with Gasteiger partial charge in [-0.2, -0.15) is 0 Å². The monoisotopic (exact) mass is 272 g/mol. The molecule has 0 spiro atoms. The Balaban J connectivity index is 1.90. The Morgan fingerprint density at radius 1 is 1.05 bits per heavy atom. The summed E-state index contributed by atoms with van der Waals surface area (Å²) in [7, 11) is 1.60. The molecule has 2 amide bonds. The molecule has 0 radical (unpaired) electrons. The minimum Gasteiger partial charge on any atom is -0.341 e. The maximum atomic E-state index is 11.2. The molecular weight excluding hydrogens is 256 g/mol. The first-order valence-electron chi connectivity index (χ1n) is 6.03. The van der Waals surface area contributed by atoms with Gasteiger partial charge in [-0.1, -0.05) is 30.3 Å². The summed E-state index contributed by atoms with van der Waals surface area (Å²) in [6.45, 7) is 0. The predicted octanol–water partition coefficient (Wildman–Crippen LogP) is 3.73. The van der Waals surface area contributed by atoms with Gasteiger partial charge in [-0.05, 0) is 29.8 Å². The van der Waals surface area contributed by atoms with E-state index in [-0.39, 0.29) is 6.03 Å². The molecule has 0 aliphatic heterocycles. The van der Waals surface area contributed by atoms with E-state index >= 15 is 0 Å². The molecule has 0 heterocycles. The topological polar surface area (TPSA) is 41.1 Å². The van der Waals surface area contributed by atoms with Gasteiger partial charge in [0.25, 0.3) is 0 Å². The van der Waals surface area contributed by atoms with Crippen LogP contribution in [0.1, 0.15) is 5.56 Å². The summed E-state index contributed by atoms with van der Waals surface area (Å²) in [5, 5.41) is 5.26. The molecule has 2 rings (SSSR count). The number of rotatable bonds is 4. The van der Waals surface area contributed by atoms with E-state index in [1.165, 1.54) is 10.5 Å². The van der Waals surface area contributed by atoms with Gasteiger partial charge in [-0.3, -0.25) is 0 Å². The standard InChI is InChI=1S/C15H16N2OS/c1-16-15(18)17-13-9-7-12(8-10-13)11-19-14-5-3-2-4-6-14/h2-10H,11H2,1H3,(H2,16,17,18). The van der Waals surface area contributed by atoms with Crippen LogP contribution in [0.15, 0.2) is 59.5 Å². The average Bonchev–Trinajstić information content (AvgIpc) is 2.47. The van der Waals surface area contributed by atoms with E-state index in [9.17, 15) is 4.79 Å². The third kappa shape index (κ3) is 4.34. The fraction of sp³-hybridized carbons (Fsp3) is 0.133. The smallest absolute Gasteiger partial charge is 0.318 e. The lowest BCUT2D eigenvalue weighted by molar-refractivity contribution is 0.254. The van der Waals surface area contributed by atoms with Gasteiger partial charge in [0.2, 0.25) is 0 Å². The number of hydrogen-bond acceptors (Lipinski definition) is 2. The van der Waals surface area contributed by atoms with E-state index in [2.05, 4.69) is 22.8 Å². The van der Waals surface area contributed by atoms with Gasteiger partial charge in [0.05, 0.1) is 0 Å². The highest BCUT2D eigenvalue weighted by atomic mass is 32.2. The van der Waals surface area contributed by atoms with Gasteiger partial charge in [0.15, 0.2) is 0 Å². The predicted molar refractivity (Wildman–Crippen MR) is 80.5 cm³/mol. The Morgan fingerprint density at radius 3 is 2.37 bits per heavy atom. The van der Waals surface area contributed by atoms with Crippen LogP contribution >= 0.6 is 11.8 Å². The molecule has 3 nitrogen and oxygen atoms in total. The lowest BCUT2D eigenvalue weighted by Gasteiger charge is -2.06. The van der Waals surface area contributed by atoms with Crippen molar-refractivity contribution in [2.75, 3.05) is 12.4 Å². The van der Waals surface area contributed by atoms with Crippen molar-refractivity contribution in [1.82, 2.24) is 5.32 Å². The van der Waals surface area contributed by atoms with Crippen molar-refractivity contribution in [3.63, 3.8) is 0 Å². The van der Waals surface area contributed by atoms with Crippen LogP contribution in [0.4, 0.5) is 10.5 Å². The molecule has 0 aliphatic carbocycles. The summed E-state index contributed by atoms with van der Waals surface area (Å²) in [5.74, 6) is 0.921. The molecule has 0 saturated carbocycles. The van der Waals surface area contributed by atoms with E-state index in [1.54, 1.807) is 18.8 Å². The number of nitrogens with one attached hydrogen (secondary N) is 2. The van der Waals surface area contributed by atoms with Crippen molar-refractivity contribution >= 4 is 23.5 Å². The molecular formula is C15H16N2OS. The number of urea groups is 1. The molecule has 0 saturated heterocycles. The molecule has 0 aromatic heterocycles. The summed E-state index contributed by atoms with van der Waals surface area (Å²) in [6, 6.07) is 18.0. The SMILES string of the molecule is CNC(=O)Nc1ccc(CSc2ccccc2)cc1. The summed E-state index contributed by atoms with van der Waals surface area (Å²) in [6.07, 6.45) is 0. The third-order valence-electron chi connectivity index (χ3n) is 2.59. The molecule has 98 valence electrons. The second-order valence-corrected chi connectivity index (χ2v) is 5.05. The minimum absolute atomic E-state index is 0.202. The molecule has 0 fully saturated rings. The molecule has 2 N–H and O–H groups in total. The first kappa shape index (κ1) is 13.5. The van der Waals surface area contributed by atoms with Crippen LogP contribution in [-0.4, -0.2) is 13.1 Å². The first-order valence-corrected chi connectivity index (χ1v) is 7.02. The zero-order valence-corrected chi connectivity index (χ0v) is 11.5. The lowest BCUT2D eigenvalue weighted by Crippen LogP contribution is -2.24. The highest BCUT2D eigenvalue weighted by Crippen LogP contribution is 2.22. The first-order chi connectivity index (χ1) is 9.28. The van der Waals surface area contributed by atoms with Gasteiger partial charge in [0.1, 0.15) is 0 Å². The van der Waals surface area contributed by atoms with Crippen molar-refractivity contribution in [2.45, 2.75) is 10.6 Å². The van der Waals surface area contributed by atoms with Crippen LogP contribution in [-0.2, 0) is 5.75 Å².